The smallest absolute Gasteiger partial charge is 0.189 e. The molecule has 1 aromatic rings. The standard InChI is InChI=1S/C14H12O2/c1-10-12(8-5-9-13(10)15)14(16)11-6-3-2-4-7-11/h2-10H,1H3. The minimum Gasteiger partial charge on any atom is -0.294 e. The molecule has 0 N–H and O–H groups in total. The summed E-state index contributed by atoms with van der Waals surface area (Å²) in [4.78, 5) is 23.6. The molecule has 0 saturated heterocycles. The molecule has 0 saturated carbocycles. The summed E-state index contributed by atoms with van der Waals surface area (Å²) in [7, 11) is 0. The first kappa shape index (κ1) is 10.6. The van der Waals surface area contributed by atoms with Gasteiger partial charge in [0.2, 0.25) is 0 Å². The summed E-state index contributed by atoms with van der Waals surface area (Å²) in [5.74, 6) is -0.412. The molecule has 0 heterocycles. The van der Waals surface area contributed by atoms with E-state index in [1.165, 1.54) is 6.08 Å². The molecule has 2 heteroatoms. The summed E-state index contributed by atoms with van der Waals surface area (Å²) in [6.45, 7) is 1.76. The summed E-state index contributed by atoms with van der Waals surface area (Å²) >= 11 is 0. The number of ketones is 2. The number of hydrogen-bond donors (Lipinski definition) is 0. The van der Waals surface area contributed by atoms with Gasteiger partial charge in [0.15, 0.2) is 11.6 Å². The van der Waals surface area contributed by atoms with Crippen LogP contribution < -0.4 is 0 Å². The molecular formula is C14H12O2. The molecule has 16 heavy (non-hydrogen) atoms. The molecule has 1 atom stereocenters. The lowest BCUT2D eigenvalue weighted by Crippen LogP contribution is -2.19. The van der Waals surface area contributed by atoms with Gasteiger partial charge in [-0.3, -0.25) is 9.59 Å². The van der Waals surface area contributed by atoms with Crippen LogP contribution in [-0.4, -0.2) is 11.6 Å². The van der Waals surface area contributed by atoms with Gasteiger partial charge >= 0.3 is 0 Å². The van der Waals surface area contributed by atoms with Gasteiger partial charge in [-0.05, 0) is 6.08 Å². The zero-order chi connectivity index (χ0) is 11.5. The Morgan fingerprint density at radius 1 is 1.19 bits per heavy atom. The van der Waals surface area contributed by atoms with Crippen LogP contribution in [0.25, 0.3) is 0 Å². The van der Waals surface area contributed by atoms with Gasteiger partial charge in [0.1, 0.15) is 0 Å². The Hall–Kier alpha value is -1.96. The number of carbonyl (C=O) groups excluding carboxylic acids is 2. The molecule has 1 aliphatic carbocycles. The van der Waals surface area contributed by atoms with E-state index < -0.39 is 0 Å². The van der Waals surface area contributed by atoms with Gasteiger partial charge in [-0.1, -0.05) is 49.4 Å². The van der Waals surface area contributed by atoms with Crippen LogP contribution in [0.15, 0.2) is 54.1 Å². The van der Waals surface area contributed by atoms with Crippen molar-refractivity contribution in [3.05, 3.63) is 59.7 Å². The lowest BCUT2D eigenvalue weighted by Gasteiger charge is -2.14. The van der Waals surface area contributed by atoms with Crippen molar-refractivity contribution < 1.29 is 9.59 Å². The van der Waals surface area contributed by atoms with Crippen molar-refractivity contribution in [2.75, 3.05) is 0 Å². The highest BCUT2D eigenvalue weighted by molar-refractivity contribution is 6.14. The van der Waals surface area contributed by atoms with Crippen molar-refractivity contribution in [2.45, 2.75) is 6.92 Å². The Balaban J connectivity index is 2.33. The molecule has 2 nitrogen and oxygen atoms in total. The lowest BCUT2D eigenvalue weighted by molar-refractivity contribution is -0.116. The summed E-state index contributed by atoms with van der Waals surface area (Å²) < 4.78 is 0. The van der Waals surface area contributed by atoms with Crippen LogP contribution in [0.4, 0.5) is 0 Å². The number of rotatable bonds is 2. The molecule has 1 aromatic carbocycles. The van der Waals surface area contributed by atoms with Crippen LogP contribution in [0.3, 0.4) is 0 Å². The third-order valence-electron chi connectivity index (χ3n) is 2.73. The second kappa shape index (κ2) is 4.27. The minimum absolute atomic E-state index is 0.0122. The number of hydrogen-bond acceptors (Lipinski definition) is 2. The normalized spacial score (nSPS) is 19.4. The van der Waals surface area contributed by atoms with E-state index in [4.69, 9.17) is 0 Å². The van der Waals surface area contributed by atoms with Crippen LogP contribution in [-0.2, 0) is 4.79 Å². The number of Topliss-reactive ketones (excluding diaryl/α,β-unsaturated/α-hetero) is 1. The fraction of sp³-hybridized carbons (Fsp3) is 0.143. The van der Waals surface area contributed by atoms with Crippen LogP contribution >= 0.6 is 0 Å². The molecule has 0 aromatic heterocycles. The predicted molar refractivity (Wildman–Crippen MR) is 62.2 cm³/mol. The van der Waals surface area contributed by atoms with Crippen LogP contribution in [0.5, 0.6) is 0 Å². The van der Waals surface area contributed by atoms with Crippen molar-refractivity contribution in [1.29, 1.82) is 0 Å². The van der Waals surface area contributed by atoms with Gasteiger partial charge in [-0.2, -0.15) is 0 Å². The maximum atomic E-state index is 12.1. The lowest BCUT2D eigenvalue weighted by atomic mass is 9.87. The van der Waals surface area contributed by atoms with Crippen LogP contribution in [0, 0.1) is 5.92 Å². The van der Waals surface area contributed by atoms with E-state index in [-0.39, 0.29) is 17.5 Å². The van der Waals surface area contributed by atoms with E-state index in [9.17, 15) is 9.59 Å². The maximum Gasteiger partial charge on any atom is 0.189 e. The first-order valence-corrected chi connectivity index (χ1v) is 5.22. The number of benzene rings is 1. The first-order chi connectivity index (χ1) is 7.70. The van der Waals surface area contributed by atoms with Crippen molar-refractivity contribution in [3.63, 3.8) is 0 Å². The molecular weight excluding hydrogens is 200 g/mol. The summed E-state index contributed by atoms with van der Waals surface area (Å²) in [5.41, 5.74) is 1.20. The molecule has 0 radical (unpaired) electrons. The molecule has 80 valence electrons. The Kier molecular flexibility index (Phi) is 2.82. The average Bonchev–Trinajstić information content (AvgIpc) is 2.33. The monoisotopic (exact) mass is 212 g/mol. The summed E-state index contributed by atoms with van der Waals surface area (Å²) in [5, 5.41) is 0. The van der Waals surface area contributed by atoms with E-state index in [0.717, 1.165) is 0 Å². The van der Waals surface area contributed by atoms with Gasteiger partial charge in [0.05, 0.1) is 0 Å². The number of allylic oxidation sites excluding steroid dienone is 4. The van der Waals surface area contributed by atoms with Gasteiger partial charge in [-0.15, -0.1) is 0 Å². The predicted octanol–water partition coefficient (Wildman–Crippen LogP) is 2.57. The van der Waals surface area contributed by atoms with Crippen LogP contribution in [0.2, 0.25) is 0 Å². The zero-order valence-electron chi connectivity index (χ0n) is 9.01. The van der Waals surface area contributed by atoms with Gasteiger partial charge < -0.3 is 0 Å². The summed E-state index contributed by atoms with van der Waals surface area (Å²) in [6, 6.07) is 9.02. The van der Waals surface area contributed by atoms with Crippen molar-refractivity contribution in [2.24, 2.45) is 5.92 Å². The Morgan fingerprint density at radius 2 is 1.88 bits per heavy atom. The fourth-order valence-electron chi connectivity index (χ4n) is 1.72. The fourth-order valence-corrected chi connectivity index (χ4v) is 1.72. The molecule has 0 amide bonds. The second-order valence-electron chi connectivity index (χ2n) is 3.80. The zero-order valence-corrected chi connectivity index (χ0v) is 9.01. The largest absolute Gasteiger partial charge is 0.294 e. The van der Waals surface area contributed by atoms with Crippen molar-refractivity contribution >= 4 is 11.6 Å². The van der Waals surface area contributed by atoms with Crippen molar-refractivity contribution in [3.8, 4) is 0 Å². The average molecular weight is 212 g/mol. The van der Waals surface area contributed by atoms with E-state index >= 15 is 0 Å². The van der Waals surface area contributed by atoms with E-state index in [1.54, 1.807) is 31.2 Å². The van der Waals surface area contributed by atoms with Gasteiger partial charge in [-0.25, -0.2) is 0 Å². The maximum absolute atomic E-state index is 12.1. The Labute approximate surface area is 94.3 Å². The van der Waals surface area contributed by atoms with E-state index in [1.807, 2.05) is 18.2 Å². The Bertz CT molecular complexity index is 481. The summed E-state index contributed by atoms with van der Waals surface area (Å²) in [6.07, 6.45) is 4.87. The van der Waals surface area contributed by atoms with Crippen molar-refractivity contribution in [1.82, 2.24) is 0 Å². The third kappa shape index (κ3) is 1.87. The molecule has 1 aliphatic rings. The molecule has 0 fully saturated rings. The third-order valence-corrected chi connectivity index (χ3v) is 2.73. The van der Waals surface area contributed by atoms with Gasteiger partial charge in [0.25, 0.3) is 0 Å². The van der Waals surface area contributed by atoms with E-state index in [0.29, 0.717) is 11.1 Å². The second-order valence-corrected chi connectivity index (χ2v) is 3.80. The Morgan fingerprint density at radius 3 is 2.56 bits per heavy atom. The molecule has 2 rings (SSSR count). The van der Waals surface area contributed by atoms with Gasteiger partial charge in [0, 0.05) is 17.1 Å². The van der Waals surface area contributed by atoms with E-state index in [2.05, 4.69) is 0 Å². The molecule has 0 spiro atoms. The topological polar surface area (TPSA) is 34.1 Å². The molecule has 1 unspecified atom stereocenters. The highest BCUT2D eigenvalue weighted by Crippen LogP contribution is 2.21. The molecule has 0 bridgehead atoms. The highest BCUT2D eigenvalue weighted by Gasteiger charge is 2.24. The molecule has 0 aliphatic heterocycles. The quantitative estimate of drug-likeness (QED) is 0.706. The first-order valence-electron chi connectivity index (χ1n) is 5.22. The minimum atomic E-state index is -0.335. The number of carbonyl (C=O) groups is 2. The highest BCUT2D eigenvalue weighted by atomic mass is 16.1. The SMILES string of the molecule is CC1C(=O)C=CC=C1C(=O)c1ccccc1. The van der Waals surface area contributed by atoms with Crippen LogP contribution in [0.1, 0.15) is 17.3 Å².